The SMILES string of the molecule is C[C@H]1CCN2c3ccc([N+](=O)[O-])cc3C[C@]3(C(=O)NC(=O)N(C4CCCCC4)C3=O)[C@@H]2C1. The van der Waals surface area contributed by atoms with Gasteiger partial charge in [0.1, 0.15) is 0 Å². The molecule has 1 spiro atoms. The molecule has 2 saturated heterocycles. The van der Waals surface area contributed by atoms with Gasteiger partial charge in [0.05, 0.1) is 11.0 Å². The van der Waals surface area contributed by atoms with Crippen molar-refractivity contribution < 1.29 is 19.3 Å². The lowest BCUT2D eigenvalue weighted by Gasteiger charge is -2.55. The van der Waals surface area contributed by atoms with Crippen LogP contribution >= 0.6 is 0 Å². The smallest absolute Gasteiger partial charge is 0.331 e. The molecule has 3 atom stereocenters. The van der Waals surface area contributed by atoms with Gasteiger partial charge in [-0.05, 0) is 43.2 Å². The van der Waals surface area contributed by atoms with Crippen molar-refractivity contribution in [1.82, 2.24) is 10.2 Å². The molecule has 5 rings (SSSR count). The number of piperidine rings is 1. The summed E-state index contributed by atoms with van der Waals surface area (Å²) in [7, 11) is 0. The molecule has 170 valence electrons. The van der Waals surface area contributed by atoms with Gasteiger partial charge in [0.2, 0.25) is 11.8 Å². The lowest BCUT2D eigenvalue weighted by atomic mass is 9.64. The van der Waals surface area contributed by atoms with Crippen LogP contribution in [0.3, 0.4) is 0 Å². The highest BCUT2D eigenvalue weighted by Crippen LogP contribution is 2.49. The molecule has 0 unspecified atom stereocenters. The number of barbiturate groups is 1. The number of nitrogens with zero attached hydrogens (tertiary/aromatic N) is 3. The number of nitro groups is 1. The molecule has 1 aliphatic carbocycles. The third kappa shape index (κ3) is 3.01. The van der Waals surface area contributed by atoms with E-state index in [4.69, 9.17) is 0 Å². The van der Waals surface area contributed by atoms with E-state index in [2.05, 4.69) is 17.1 Å². The number of benzene rings is 1. The second-order valence-corrected chi connectivity index (χ2v) is 9.78. The number of amides is 4. The Hall–Kier alpha value is -2.97. The summed E-state index contributed by atoms with van der Waals surface area (Å²) in [6, 6.07) is 3.48. The van der Waals surface area contributed by atoms with Gasteiger partial charge in [-0.15, -0.1) is 0 Å². The summed E-state index contributed by atoms with van der Waals surface area (Å²) in [4.78, 5) is 54.7. The molecule has 1 saturated carbocycles. The van der Waals surface area contributed by atoms with Gasteiger partial charge in [-0.3, -0.25) is 29.9 Å². The van der Waals surface area contributed by atoms with E-state index in [0.717, 1.165) is 44.2 Å². The van der Waals surface area contributed by atoms with Crippen LogP contribution in [0.25, 0.3) is 0 Å². The zero-order valence-corrected chi connectivity index (χ0v) is 18.2. The van der Waals surface area contributed by atoms with Crippen molar-refractivity contribution in [1.29, 1.82) is 0 Å². The fourth-order valence-electron chi connectivity index (χ4n) is 6.22. The molecule has 1 aromatic rings. The maximum Gasteiger partial charge on any atom is 0.331 e. The van der Waals surface area contributed by atoms with Gasteiger partial charge in [0, 0.05) is 36.8 Å². The van der Waals surface area contributed by atoms with Crippen LogP contribution in [0.4, 0.5) is 16.2 Å². The number of urea groups is 1. The number of anilines is 1. The minimum absolute atomic E-state index is 0.0633. The molecule has 0 bridgehead atoms. The fourth-order valence-corrected chi connectivity index (χ4v) is 6.22. The first-order valence-corrected chi connectivity index (χ1v) is 11.6. The molecule has 0 radical (unpaired) electrons. The fraction of sp³-hybridized carbons (Fsp3) is 0.609. The lowest BCUT2D eigenvalue weighted by Crippen LogP contribution is -2.74. The highest BCUT2D eigenvalue weighted by molar-refractivity contribution is 6.20. The molecule has 1 N–H and O–H groups in total. The molecular weight excluding hydrogens is 412 g/mol. The van der Waals surface area contributed by atoms with Crippen molar-refractivity contribution in [3.63, 3.8) is 0 Å². The van der Waals surface area contributed by atoms with E-state index in [9.17, 15) is 24.5 Å². The molecular formula is C23H28N4O5. The average molecular weight is 441 g/mol. The number of hydrogen-bond donors (Lipinski definition) is 1. The topological polar surface area (TPSA) is 113 Å². The Labute approximate surface area is 186 Å². The van der Waals surface area contributed by atoms with Gasteiger partial charge in [-0.2, -0.15) is 0 Å². The molecule has 9 heteroatoms. The summed E-state index contributed by atoms with van der Waals surface area (Å²) < 4.78 is 0. The van der Waals surface area contributed by atoms with Crippen LogP contribution in [-0.4, -0.2) is 46.3 Å². The molecule has 1 aromatic carbocycles. The van der Waals surface area contributed by atoms with Crippen molar-refractivity contribution >= 4 is 29.2 Å². The number of carbonyl (C=O) groups is 3. The number of hydrogen-bond acceptors (Lipinski definition) is 6. The van der Waals surface area contributed by atoms with Gasteiger partial charge < -0.3 is 4.90 Å². The summed E-state index contributed by atoms with van der Waals surface area (Å²) in [5.41, 5.74) is -0.0553. The Morgan fingerprint density at radius 1 is 1.12 bits per heavy atom. The van der Waals surface area contributed by atoms with E-state index in [-0.39, 0.29) is 24.2 Å². The Morgan fingerprint density at radius 3 is 2.59 bits per heavy atom. The van der Waals surface area contributed by atoms with Crippen LogP contribution < -0.4 is 10.2 Å². The second kappa shape index (κ2) is 7.56. The Bertz CT molecular complexity index is 1000. The van der Waals surface area contributed by atoms with Gasteiger partial charge >= 0.3 is 6.03 Å². The normalized spacial score (nSPS) is 30.7. The Balaban J connectivity index is 1.63. The van der Waals surface area contributed by atoms with Crippen LogP contribution in [0.2, 0.25) is 0 Å². The van der Waals surface area contributed by atoms with Crippen LogP contribution in [0.1, 0.15) is 57.4 Å². The number of fused-ring (bicyclic) bond motifs is 4. The molecule has 9 nitrogen and oxygen atoms in total. The molecule has 32 heavy (non-hydrogen) atoms. The lowest BCUT2D eigenvalue weighted by molar-refractivity contribution is -0.384. The maximum atomic E-state index is 14.1. The standard InChI is InChI=1S/C23H28N4O5/c1-14-9-10-25-18-8-7-17(27(31)32)12-15(18)13-23(19(25)11-14)20(28)24-22(30)26(21(23)29)16-5-3-2-4-6-16/h7-8,12,14,16,19H,2-6,9-11,13H2,1H3,(H,24,28,30)/t14-,19-,23+/m0/s1. The highest BCUT2D eigenvalue weighted by Gasteiger charge is 2.63. The van der Waals surface area contributed by atoms with Crippen molar-refractivity contribution in [3.05, 3.63) is 33.9 Å². The summed E-state index contributed by atoms with van der Waals surface area (Å²) in [6.07, 6.45) is 6.10. The first-order chi connectivity index (χ1) is 15.3. The minimum Gasteiger partial charge on any atom is -0.367 e. The van der Waals surface area contributed by atoms with Crippen LogP contribution in [0, 0.1) is 21.4 Å². The Kier molecular flexibility index (Phi) is 4.94. The largest absolute Gasteiger partial charge is 0.367 e. The number of non-ortho nitro benzene ring substituents is 1. The van der Waals surface area contributed by atoms with Crippen molar-refractivity contribution in [3.8, 4) is 0 Å². The van der Waals surface area contributed by atoms with E-state index in [1.807, 2.05) is 0 Å². The van der Waals surface area contributed by atoms with E-state index < -0.39 is 28.2 Å². The van der Waals surface area contributed by atoms with E-state index in [1.54, 1.807) is 6.07 Å². The first kappa shape index (κ1) is 20.9. The van der Waals surface area contributed by atoms with E-state index in [1.165, 1.54) is 17.0 Å². The number of rotatable bonds is 2. The number of nitro benzene ring substituents is 1. The highest BCUT2D eigenvalue weighted by atomic mass is 16.6. The van der Waals surface area contributed by atoms with Crippen molar-refractivity contribution in [2.45, 2.75) is 70.4 Å². The summed E-state index contributed by atoms with van der Waals surface area (Å²) in [6.45, 7) is 2.78. The Morgan fingerprint density at radius 2 is 1.88 bits per heavy atom. The third-order valence-electron chi connectivity index (χ3n) is 7.87. The molecule has 0 aromatic heterocycles. The maximum absolute atomic E-state index is 14.1. The number of nitrogens with one attached hydrogen (secondary N) is 1. The van der Waals surface area contributed by atoms with Crippen LogP contribution in [-0.2, 0) is 16.0 Å². The second-order valence-electron chi connectivity index (χ2n) is 9.78. The number of imide groups is 2. The third-order valence-corrected chi connectivity index (χ3v) is 7.87. The molecule has 4 aliphatic rings. The van der Waals surface area contributed by atoms with Gasteiger partial charge in [-0.25, -0.2) is 4.79 Å². The molecule has 3 heterocycles. The van der Waals surface area contributed by atoms with Crippen LogP contribution in [0.15, 0.2) is 18.2 Å². The predicted molar refractivity (Wildman–Crippen MR) is 116 cm³/mol. The van der Waals surface area contributed by atoms with Gasteiger partial charge in [-0.1, -0.05) is 26.2 Å². The quantitative estimate of drug-likeness (QED) is 0.429. The first-order valence-electron chi connectivity index (χ1n) is 11.6. The summed E-state index contributed by atoms with van der Waals surface area (Å²) >= 11 is 0. The van der Waals surface area contributed by atoms with Crippen LogP contribution in [0.5, 0.6) is 0 Å². The monoisotopic (exact) mass is 440 g/mol. The number of carbonyl (C=O) groups excluding carboxylic acids is 3. The van der Waals surface area contributed by atoms with E-state index in [0.29, 0.717) is 24.4 Å². The molecule has 3 aliphatic heterocycles. The van der Waals surface area contributed by atoms with Gasteiger partial charge in [0.25, 0.3) is 5.69 Å². The van der Waals surface area contributed by atoms with Gasteiger partial charge in [0.15, 0.2) is 5.41 Å². The summed E-state index contributed by atoms with van der Waals surface area (Å²) in [5, 5.41) is 13.9. The van der Waals surface area contributed by atoms with E-state index >= 15 is 0 Å². The minimum atomic E-state index is -1.46. The summed E-state index contributed by atoms with van der Waals surface area (Å²) in [5.74, 6) is -0.672. The van der Waals surface area contributed by atoms with Crippen molar-refractivity contribution in [2.24, 2.45) is 11.3 Å². The molecule has 4 amide bonds. The average Bonchev–Trinajstić information content (AvgIpc) is 2.77. The predicted octanol–water partition coefficient (Wildman–Crippen LogP) is 3.15. The molecule has 3 fully saturated rings. The van der Waals surface area contributed by atoms with Crippen molar-refractivity contribution in [2.75, 3.05) is 11.4 Å². The zero-order chi connectivity index (χ0) is 22.6. The zero-order valence-electron chi connectivity index (χ0n) is 18.2.